The van der Waals surface area contributed by atoms with E-state index >= 15 is 0 Å². The van der Waals surface area contributed by atoms with Crippen LogP contribution in [0.4, 0.5) is 5.69 Å². The summed E-state index contributed by atoms with van der Waals surface area (Å²) in [6.45, 7) is 1.98. The second-order valence-corrected chi connectivity index (χ2v) is 9.49. The van der Waals surface area contributed by atoms with E-state index in [2.05, 4.69) is 26.6 Å². The molecule has 0 saturated heterocycles. The van der Waals surface area contributed by atoms with E-state index in [1.54, 1.807) is 60.7 Å². The number of aryl methyl sites for hydroxylation is 1. The Bertz CT molecular complexity index is 1490. The van der Waals surface area contributed by atoms with Gasteiger partial charge in [0.05, 0.1) is 0 Å². The first-order valence-corrected chi connectivity index (χ1v) is 12.7. The highest BCUT2D eigenvalue weighted by atomic mass is 79.9. The summed E-state index contributed by atoms with van der Waals surface area (Å²) < 4.78 is 0.968. The summed E-state index contributed by atoms with van der Waals surface area (Å²) in [7, 11) is 0. The van der Waals surface area contributed by atoms with Crippen LogP contribution < -0.4 is 10.6 Å². The molecule has 0 aliphatic carbocycles. The fraction of sp³-hybridized carbons (Fsp3) is 0.0312. The van der Waals surface area contributed by atoms with Crippen LogP contribution in [0.1, 0.15) is 37.4 Å². The summed E-state index contributed by atoms with van der Waals surface area (Å²) in [5.74, 6) is -1.03. The van der Waals surface area contributed by atoms with Crippen molar-refractivity contribution in [1.29, 1.82) is 0 Å². The largest absolute Gasteiger partial charge is 0.321 e. The molecule has 0 radical (unpaired) electrons. The first kappa shape index (κ1) is 26.5. The summed E-state index contributed by atoms with van der Waals surface area (Å²) in [5.41, 5.74) is 4.29. The SMILES string of the molecule is Cc1ccc(/C=C(\NC(=O)c2ccccc2)C(=O)Nc2ccc(C(=O)/C=C/c3ccc(Br)cc3)cc2)cc1. The average molecular weight is 565 g/mol. The van der Waals surface area contributed by atoms with Crippen LogP contribution in [-0.4, -0.2) is 17.6 Å². The summed E-state index contributed by atoms with van der Waals surface area (Å²) in [4.78, 5) is 38.5. The zero-order valence-electron chi connectivity index (χ0n) is 20.6. The molecule has 0 heterocycles. The Morgan fingerprint density at radius 1 is 0.711 bits per heavy atom. The molecule has 6 heteroatoms. The van der Waals surface area contributed by atoms with Crippen molar-refractivity contribution in [2.75, 3.05) is 5.32 Å². The van der Waals surface area contributed by atoms with Crippen molar-refractivity contribution in [3.05, 3.63) is 147 Å². The van der Waals surface area contributed by atoms with Crippen molar-refractivity contribution in [1.82, 2.24) is 5.32 Å². The van der Waals surface area contributed by atoms with Crippen LogP contribution in [0.5, 0.6) is 0 Å². The molecule has 5 nitrogen and oxygen atoms in total. The Morgan fingerprint density at radius 2 is 1.34 bits per heavy atom. The maximum atomic E-state index is 13.2. The van der Waals surface area contributed by atoms with E-state index in [0.29, 0.717) is 16.8 Å². The number of rotatable bonds is 8. The first-order chi connectivity index (χ1) is 18.4. The maximum Gasteiger partial charge on any atom is 0.272 e. The molecule has 0 aliphatic rings. The van der Waals surface area contributed by atoms with E-state index < -0.39 is 11.8 Å². The van der Waals surface area contributed by atoms with Gasteiger partial charge in [-0.1, -0.05) is 82.2 Å². The van der Waals surface area contributed by atoms with Crippen molar-refractivity contribution in [2.45, 2.75) is 6.92 Å². The molecule has 2 amide bonds. The second kappa shape index (κ2) is 12.6. The van der Waals surface area contributed by atoms with Crippen LogP contribution in [-0.2, 0) is 4.79 Å². The number of hydrogen-bond donors (Lipinski definition) is 2. The molecule has 188 valence electrons. The van der Waals surface area contributed by atoms with Crippen LogP contribution in [0.3, 0.4) is 0 Å². The fourth-order valence-electron chi connectivity index (χ4n) is 3.53. The highest BCUT2D eigenvalue weighted by Gasteiger charge is 2.15. The molecule has 2 N–H and O–H groups in total. The van der Waals surface area contributed by atoms with Crippen LogP contribution >= 0.6 is 15.9 Å². The van der Waals surface area contributed by atoms with E-state index in [4.69, 9.17) is 0 Å². The average Bonchev–Trinajstić information content (AvgIpc) is 2.94. The number of carbonyl (C=O) groups excluding carboxylic acids is 3. The van der Waals surface area contributed by atoms with Gasteiger partial charge >= 0.3 is 0 Å². The number of hydrogen-bond acceptors (Lipinski definition) is 3. The number of ketones is 1. The van der Waals surface area contributed by atoms with Crippen LogP contribution in [0, 0.1) is 6.92 Å². The van der Waals surface area contributed by atoms with Gasteiger partial charge < -0.3 is 10.6 Å². The van der Waals surface area contributed by atoms with Crippen LogP contribution in [0.15, 0.2) is 119 Å². The van der Waals surface area contributed by atoms with Crippen molar-refractivity contribution < 1.29 is 14.4 Å². The molecule has 0 fully saturated rings. The first-order valence-electron chi connectivity index (χ1n) is 11.9. The molecule has 38 heavy (non-hydrogen) atoms. The van der Waals surface area contributed by atoms with Crippen molar-refractivity contribution in [2.24, 2.45) is 0 Å². The predicted octanol–water partition coefficient (Wildman–Crippen LogP) is 7.06. The Labute approximate surface area is 230 Å². The Morgan fingerprint density at radius 3 is 2.00 bits per heavy atom. The maximum absolute atomic E-state index is 13.2. The third-order valence-corrected chi connectivity index (χ3v) is 6.17. The quantitative estimate of drug-likeness (QED) is 0.177. The number of anilines is 1. The Hall–Kier alpha value is -4.55. The predicted molar refractivity (Wildman–Crippen MR) is 156 cm³/mol. The molecular formula is C32H25BrN2O3. The third-order valence-electron chi connectivity index (χ3n) is 5.64. The molecule has 4 aromatic carbocycles. The van der Waals surface area contributed by atoms with E-state index in [0.717, 1.165) is 21.2 Å². The molecule has 0 aliphatic heterocycles. The summed E-state index contributed by atoms with van der Waals surface area (Å²) in [6.07, 6.45) is 4.89. The van der Waals surface area contributed by atoms with Crippen molar-refractivity contribution in [3.63, 3.8) is 0 Å². The molecule has 0 bridgehead atoms. The van der Waals surface area contributed by atoms with Gasteiger partial charge in [-0.15, -0.1) is 0 Å². The minimum absolute atomic E-state index is 0.0975. The summed E-state index contributed by atoms with van der Waals surface area (Å²) in [6, 6.07) is 30.5. The number of nitrogens with one attached hydrogen (secondary N) is 2. The van der Waals surface area contributed by atoms with E-state index in [1.807, 2.05) is 61.5 Å². The lowest BCUT2D eigenvalue weighted by Gasteiger charge is -2.12. The van der Waals surface area contributed by atoms with Crippen LogP contribution in [0.25, 0.3) is 12.2 Å². The zero-order valence-corrected chi connectivity index (χ0v) is 22.2. The lowest BCUT2D eigenvalue weighted by molar-refractivity contribution is -0.113. The topological polar surface area (TPSA) is 75.3 Å². The molecule has 0 spiro atoms. The smallest absolute Gasteiger partial charge is 0.272 e. The molecule has 4 rings (SSSR count). The zero-order chi connectivity index (χ0) is 26.9. The highest BCUT2D eigenvalue weighted by Crippen LogP contribution is 2.15. The Kier molecular flexibility index (Phi) is 8.80. The Balaban J connectivity index is 1.48. The van der Waals surface area contributed by atoms with E-state index in [1.165, 1.54) is 6.08 Å². The van der Waals surface area contributed by atoms with Gasteiger partial charge in [0.25, 0.3) is 11.8 Å². The van der Waals surface area contributed by atoms with Gasteiger partial charge in [0.1, 0.15) is 5.70 Å². The van der Waals surface area contributed by atoms with Crippen molar-refractivity contribution >= 4 is 51.4 Å². The second-order valence-electron chi connectivity index (χ2n) is 8.57. The molecule has 0 aromatic heterocycles. The highest BCUT2D eigenvalue weighted by molar-refractivity contribution is 9.10. The van der Waals surface area contributed by atoms with Gasteiger partial charge in [-0.3, -0.25) is 14.4 Å². The van der Waals surface area contributed by atoms with E-state index in [9.17, 15) is 14.4 Å². The monoisotopic (exact) mass is 564 g/mol. The number of halogens is 1. The molecule has 0 unspecified atom stereocenters. The molecule has 0 atom stereocenters. The number of allylic oxidation sites excluding steroid dienone is 1. The summed E-state index contributed by atoms with van der Waals surface area (Å²) >= 11 is 3.39. The van der Waals surface area contributed by atoms with Crippen molar-refractivity contribution in [3.8, 4) is 0 Å². The van der Waals surface area contributed by atoms with Crippen LogP contribution in [0.2, 0.25) is 0 Å². The van der Waals surface area contributed by atoms with Gasteiger partial charge in [-0.2, -0.15) is 0 Å². The van der Waals surface area contributed by atoms with Gasteiger partial charge in [0.15, 0.2) is 5.78 Å². The van der Waals surface area contributed by atoms with Gasteiger partial charge in [0.2, 0.25) is 0 Å². The fourth-order valence-corrected chi connectivity index (χ4v) is 3.79. The number of carbonyl (C=O) groups is 3. The minimum atomic E-state index is -0.482. The van der Waals surface area contributed by atoms with E-state index in [-0.39, 0.29) is 11.5 Å². The molecular weight excluding hydrogens is 540 g/mol. The van der Waals surface area contributed by atoms with Gasteiger partial charge in [-0.05, 0) is 78.7 Å². The normalized spacial score (nSPS) is 11.3. The molecule has 0 saturated carbocycles. The minimum Gasteiger partial charge on any atom is -0.321 e. The molecule has 4 aromatic rings. The lowest BCUT2D eigenvalue weighted by atomic mass is 10.1. The standard InChI is InChI=1S/C32H25BrN2O3/c1-22-7-9-24(10-8-22)21-29(35-31(37)26-5-3-2-4-6-26)32(38)34-28-18-14-25(15-19-28)30(36)20-13-23-11-16-27(33)17-12-23/h2-21H,1H3,(H,34,38)(H,35,37)/b20-13+,29-21-. The third kappa shape index (κ3) is 7.48. The van der Waals surface area contributed by atoms with Gasteiger partial charge in [0, 0.05) is 21.3 Å². The van der Waals surface area contributed by atoms with Gasteiger partial charge in [-0.25, -0.2) is 0 Å². The lowest BCUT2D eigenvalue weighted by Crippen LogP contribution is -2.30. The number of amides is 2. The summed E-state index contributed by atoms with van der Waals surface area (Å²) in [5, 5.41) is 5.53. The number of benzene rings is 4.